The third kappa shape index (κ3) is 4.06. The van der Waals surface area contributed by atoms with E-state index >= 15 is 0 Å². The van der Waals surface area contributed by atoms with Gasteiger partial charge in [0.2, 0.25) is 5.91 Å². The molecule has 0 saturated heterocycles. The summed E-state index contributed by atoms with van der Waals surface area (Å²) in [4.78, 5) is 31.0. The minimum atomic E-state index is -0.0544. The van der Waals surface area contributed by atoms with Gasteiger partial charge in [-0.2, -0.15) is 0 Å². The lowest BCUT2D eigenvalue weighted by atomic mass is 10.2. The molecule has 0 spiro atoms. The molecule has 1 aromatic heterocycles. The molecule has 0 unspecified atom stereocenters. The minimum Gasteiger partial charge on any atom is -0.349 e. The first-order valence-electron chi connectivity index (χ1n) is 7.95. The summed E-state index contributed by atoms with van der Waals surface area (Å²) in [6.07, 6.45) is 4.49. The fourth-order valence-corrected chi connectivity index (χ4v) is 3.76. The lowest BCUT2D eigenvalue weighted by Crippen LogP contribution is -2.32. The van der Waals surface area contributed by atoms with E-state index < -0.39 is 0 Å². The third-order valence-corrected chi connectivity index (χ3v) is 5.02. The molecule has 22 heavy (non-hydrogen) atoms. The number of aryl methyl sites for hydroxylation is 1. The molecule has 1 aromatic rings. The van der Waals surface area contributed by atoms with E-state index in [4.69, 9.17) is 0 Å². The van der Waals surface area contributed by atoms with E-state index in [2.05, 4.69) is 24.1 Å². The van der Waals surface area contributed by atoms with Crippen LogP contribution in [0.2, 0.25) is 0 Å². The van der Waals surface area contributed by atoms with Crippen molar-refractivity contribution in [2.24, 2.45) is 5.92 Å². The highest BCUT2D eigenvalue weighted by Crippen LogP contribution is 2.28. The molecule has 1 fully saturated rings. The van der Waals surface area contributed by atoms with Crippen LogP contribution in [0.4, 0.5) is 5.13 Å². The molecule has 0 radical (unpaired) electrons. The van der Waals surface area contributed by atoms with Crippen molar-refractivity contribution in [2.75, 3.05) is 11.4 Å². The maximum Gasteiger partial charge on any atom is 0.263 e. The maximum absolute atomic E-state index is 12.4. The second-order valence-electron chi connectivity index (χ2n) is 6.39. The van der Waals surface area contributed by atoms with Gasteiger partial charge in [0.05, 0.1) is 5.69 Å². The molecule has 1 aliphatic carbocycles. The van der Waals surface area contributed by atoms with E-state index in [0.717, 1.165) is 12.8 Å². The number of carbonyl (C=O) groups is 2. The van der Waals surface area contributed by atoms with E-state index in [0.29, 0.717) is 28.2 Å². The Balaban J connectivity index is 2.15. The zero-order valence-corrected chi connectivity index (χ0v) is 14.6. The fourth-order valence-electron chi connectivity index (χ4n) is 2.74. The quantitative estimate of drug-likeness (QED) is 0.905. The van der Waals surface area contributed by atoms with Gasteiger partial charge in [0.25, 0.3) is 5.91 Å². The van der Waals surface area contributed by atoms with Crippen molar-refractivity contribution in [3.8, 4) is 0 Å². The first-order valence-corrected chi connectivity index (χ1v) is 8.76. The number of anilines is 1. The van der Waals surface area contributed by atoms with E-state index in [1.165, 1.54) is 31.1 Å². The monoisotopic (exact) mass is 323 g/mol. The first-order chi connectivity index (χ1) is 10.4. The predicted octanol–water partition coefficient (Wildman–Crippen LogP) is 3.13. The average molecular weight is 323 g/mol. The molecule has 122 valence electrons. The normalized spacial score (nSPS) is 15.3. The van der Waals surface area contributed by atoms with Gasteiger partial charge in [0.1, 0.15) is 4.88 Å². The van der Waals surface area contributed by atoms with Crippen LogP contribution in [0.3, 0.4) is 0 Å². The van der Waals surface area contributed by atoms with Crippen LogP contribution in [0.25, 0.3) is 0 Å². The topological polar surface area (TPSA) is 62.3 Å². The second-order valence-corrected chi connectivity index (χ2v) is 7.37. The number of rotatable bonds is 5. The van der Waals surface area contributed by atoms with E-state index in [9.17, 15) is 9.59 Å². The molecule has 1 saturated carbocycles. The molecule has 1 aliphatic rings. The van der Waals surface area contributed by atoms with Crippen molar-refractivity contribution in [2.45, 2.75) is 59.4 Å². The molecule has 2 rings (SSSR count). The number of hydrogen-bond donors (Lipinski definition) is 1. The van der Waals surface area contributed by atoms with E-state index in [1.54, 1.807) is 4.90 Å². The first kappa shape index (κ1) is 16.9. The summed E-state index contributed by atoms with van der Waals surface area (Å²) in [6, 6.07) is 0.289. The Morgan fingerprint density at radius 2 is 2.00 bits per heavy atom. The van der Waals surface area contributed by atoms with Gasteiger partial charge < -0.3 is 5.32 Å². The van der Waals surface area contributed by atoms with Crippen molar-refractivity contribution < 1.29 is 9.59 Å². The van der Waals surface area contributed by atoms with Gasteiger partial charge in [-0.15, -0.1) is 0 Å². The number of carbonyl (C=O) groups excluding carboxylic acids is 2. The van der Waals surface area contributed by atoms with Crippen LogP contribution in [0.15, 0.2) is 0 Å². The van der Waals surface area contributed by atoms with Gasteiger partial charge in [0, 0.05) is 19.5 Å². The highest BCUT2D eigenvalue weighted by atomic mass is 32.1. The van der Waals surface area contributed by atoms with Crippen molar-refractivity contribution in [1.29, 1.82) is 0 Å². The van der Waals surface area contributed by atoms with Crippen LogP contribution in [-0.4, -0.2) is 29.4 Å². The largest absolute Gasteiger partial charge is 0.349 e. The predicted molar refractivity (Wildman–Crippen MR) is 89.4 cm³/mol. The third-order valence-electron chi connectivity index (χ3n) is 3.84. The summed E-state index contributed by atoms with van der Waals surface area (Å²) >= 11 is 1.31. The Morgan fingerprint density at radius 1 is 1.36 bits per heavy atom. The van der Waals surface area contributed by atoms with E-state index in [-0.39, 0.29) is 17.9 Å². The highest BCUT2D eigenvalue weighted by molar-refractivity contribution is 7.17. The number of hydrogen-bond acceptors (Lipinski definition) is 4. The number of thiazole rings is 1. The average Bonchev–Trinajstić information content (AvgIpc) is 3.05. The molecule has 0 bridgehead atoms. The smallest absolute Gasteiger partial charge is 0.263 e. The highest BCUT2D eigenvalue weighted by Gasteiger charge is 2.24. The summed E-state index contributed by atoms with van der Waals surface area (Å²) in [5.74, 6) is 0.260. The fraction of sp³-hybridized carbons (Fsp3) is 0.688. The van der Waals surface area contributed by atoms with Crippen LogP contribution in [0, 0.1) is 12.8 Å². The summed E-state index contributed by atoms with van der Waals surface area (Å²) in [7, 11) is 0. The Bertz CT molecular complexity index is 548. The molecular formula is C16H25N3O2S. The Kier molecular flexibility index (Phi) is 5.56. The summed E-state index contributed by atoms with van der Waals surface area (Å²) in [5, 5.41) is 3.71. The van der Waals surface area contributed by atoms with E-state index in [1.807, 2.05) is 6.92 Å². The van der Waals surface area contributed by atoms with Crippen LogP contribution in [-0.2, 0) is 4.79 Å². The lowest BCUT2D eigenvalue weighted by Gasteiger charge is -2.19. The molecule has 1 heterocycles. The van der Waals surface area contributed by atoms with Crippen LogP contribution in [0.5, 0.6) is 0 Å². The van der Waals surface area contributed by atoms with Gasteiger partial charge in [-0.1, -0.05) is 38.0 Å². The standard InChI is InChI=1S/C16H25N3O2S/c1-10(2)9-19(12(4)20)16-17-11(3)14(22-16)15(21)18-13-7-5-6-8-13/h10,13H,5-9H2,1-4H3,(H,18,21). The molecule has 1 N–H and O–H groups in total. The van der Waals surface area contributed by atoms with Gasteiger partial charge in [-0.05, 0) is 25.7 Å². The summed E-state index contributed by atoms with van der Waals surface area (Å²) < 4.78 is 0. The number of nitrogens with one attached hydrogen (secondary N) is 1. The minimum absolute atomic E-state index is 0.0369. The maximum atomic E-state index is 12.4. The van der Waals surface area contributed by atoms with Gasteiger partial charge in [0.15, 0.2) is 5.13 Å². The van der Waals surface area contributed by atoms with Crippen molar-refractivity contribution in [3.05, 3.63) is 10.6 Å². The SMILES string of the molecule is CC(=O)N(CC(C)C)c1nc(C)c(C(=O)NC2CCCC2)s1. The van der Waals surface area contributed by atoms with Crippen molar-refractivity contribution >= 4 is 28.3 Å². The zero-order chi connectivity index (χ0) is 16.3. The Morgan fingerprint density at radius 3 is 2.55 bits per heavy atom. The molecule has 2 amide bonds. The van der Waals surface area contributed by atoms with Gasteiger partial charge in [-0.25, -0.2) is 4.98 Å². The molecule has 0 atom stereocenters. The number of amides is 2. The molecule has 0 aromatic carbocycles. The molecule has 0 aliphatic heterocycles. The second kappa shape index (κ2) is 7.22. The molecule has 6 heteroatoms. The zero-order valence-electron chi connectivity index (χ0n) is 13.8. The van der Waals surface area contributed by atoms with Crippen LogP contribution in [0.1, 0.15) is 61.8 Å². The summed E-state index contributed by atoms with van der Waals surface area (Å²) in [5.41, 5.74) is 0.700. The molecular weight excluding hydrogens is 298 g/mol. The Hall–Kier alpha value is -1.43. The lowest BCUT2D eigenvalue weighted by molar-refractivity contribution is -0.116. The van der Waals surface area contributed by atoms with Crippen LogP contribution >= 0.6 is 11.3 Å². The van der Waals surface area contributed by atoms with Gasteiger partial charge >= 0.3 is 0 Å². The Labute approximate surface area is 136 Å². The summed E-state index contributed by atoms with van der Waals surface area (Å²) in [6.45, 7) is 8.11. The van der Waals surface area contributed by atoms with Crippen molar-refractivity contribution in [1.82, 2.24) is 10.3 Å². The van der Waals surface area contributed by atoms with Crippen molar-refractivity contribution in [3.63, 3.8) is 0 Å². The number of aromatic nitrogens is 1. The van der Waals surface area contributed by atoms with Crippen LogP contribution < -0.4 is 10.2 Å². The number of nitrogens with zero attached hydrogens (tertiary/aromatic N) is 2. The van der Waals surface area contributed by atoms with Gasteiger partial charge in [-0.3, -0.25) is 14.5 Å². The molecule has 5 nitrogen and oxygen atoms in total.